The third-order valence-corrected chi connectivity index (χ3v) is 2.98. The van der Waals surface area contributed by atoms with E-state index in [4.69, 9.17) is 5.73 Å². The van der Waals surface area contributed by atoms with Crippen LogP contribution in [0, 0.1) is 5.82 Å². The molecule has 6 nitrogen and oxygen atoms in total. The highest BCUT2D eigenvalue weighted by Crippen LogP contribution is 2.28. The minimum Gasteiger partial charge on any atom is -0.368 e. The van der Waals surface area contributed by atoms with Gasteiger partial charge in [0.05, 0.1) is 6.33 Å². The summed E-state index contributed by atoms with van der Waals surface area (Å²) in [7, 11) is 0. The quantitative estimate of drug-likeness (QED) is 0.763. The summed E-state index contributed by atoms with van der Waals surface area (Å²) in [6.45, 7) is 2.55. The summed E-state index contributed by atoms with van der Waals surface area (Å²) in [4.78, 5) is 17.2. The lowest BCUT2D eigenvalue weighted by Gasteiger charge is -2.22. The van der Waals surface area contributed by atoms with Crippen molar-refractivity contribution < 1.29 is 4.39 Å². The van der Waals surface area contributed by atoms with Gasteiger partial charge in [-0.3, -0.25) is 0 Å². The molecule has 2 aromatic heterocycles. The number of anilines is 3. The molecule has 0 fully saturated rings. The molecule has 0 aliphatic heterocycles. The van der Waals surface area contributed by atoms with Crippen LogP contribution in [0.15, 0.2) is 30.6 Å². The Morgan fingerprint density at radius 2 is 2.20 bits per heavy atom. The van der Waals surface area contributed by atoms with Gasteiger partial charge in [0, 0.05) is 12.2 Å². The van der Waals surface area contributed by atoms with E-state index in [0.717, 1.165) is 0 Å². The van der Waals surface area contributed by atoms with Crippen LogP contribution in [0.1, 0.15) is 6.92 Å². The van der Waals surface area contributed by atoms with Gasteiger partial charge in [-0.15, -0.1) is 0 Å². The van der Waals surface area contributed by atoms with Crippen molar-refractivity contribution in [1.29, 1.82) is 0 Å². The molecule has 0 bridgehead atoms. The van der Waals surface area contributed by atoms with E-state index < -0.39 is 0 Å². The first kappa shape index (κ1) is 12.3. The van der Waals surface area contributed by atoms with Gasteiger partial charge in [-0.25, -0.2) is 9.37 Å². The van der Waals surface area contributed by atoms with Gasteiger partial charge in [-0.1, -0.05) is 6.07 Å². The Balaban J connectivity index is 2.18. The number of aromatic nitrogens is 4. The normalized spacial score (nSPS) is 10.9. The van der Waals surface area contributed by atoms with E-state index in [-0.39, 0.29) is 11.8 Å². The van der Waals surface area contributed by atoms with Gasteiger partial charge in [-0.2, -0.15) is 9.97 Å². The Kier molecular flexibility index (Phi) is 2.94. The zero-order chi connectivity index (χ0) is 14.1. The lowest BCUT2D eigenvalue weighted by Crippen LogP contribution is -2.19. The Bertz CT molecular complexity index is 753. The van der Waals surface area contributed by atoms with E-state index in [1.54, 1.807) is 6.07 Å². The third-order valence-electron chi connectivity index (χ3n) is 2.98. The first-order chi connectivity index (χ1) is 9.69. The van der Waals surface area contributed by atoms with Gasteiger partial charge < -0.3 is 15.6 Å². The maximum absolute atomic E-state index is 13.4. The van der Waals surface area contributed by atoms with Crippen LogP contribution in [0.5, 0.6) is 0 Å². The molecular weight excluding hydrogens is 259 g/mol. The van der Waals surface area contributed by atoms with Crippen LogP contribution in [0.4, 0.5) is 21.8 Å². The molecular formula is C13H13FN6. The van der Waals surface area contributed by atoms with Crippen LogP contribution in [-0.2, 0) is 0 Å². The zero-order valence-electron chi connectivity index (χ0n) is 10.8. The Morgan fingerprint density at radius 3 is 2.95 bits per heavy atom. The summed E-state index contributed by atoms with van der Waals surface area (Å²) in [5.41, 5.74) is 7.56. The van der Waals surface area contributed by atoms with Crippen LogP contribution in [0.2, 0.25) is 0 Å². The van der Waals surface area contributed by atoms with Crippen molar-refractivity contribution in [2.45, 2.75) is 6.92 Å². The van der Waals surface area contributed by atoms with Crippen molar-refractivity contribution in [2.24, 2.45) is 0 Å². The number of rotatable bonds is 3. The average molecular weight is 272 g/mol. The Morgan fingerprint density at radius 1 is 1.35 bits per heavy atom. The molecule has 3 N–H and O–H groups in total. The van der Waals surface area contributed by atoms with Crippen molar-refractivity contribution in [3.05, 3.63) is 36.4 Å². The maximum Gasteiger partial charge on any atom is 0.224 e. The fourth-order valence-corrected chi connectivity index (χ4v) is 2.13. The Labute approximate surface area is 114 Å². The van der Waals surface area contributed by atoms with Gasteiger partial charge in [-0.05, 0) is 25.1 Å². The number of benzene rings is 1. The van der Waals surface area contributed by atoms with Crippen molar-refractivity contribution >= 4 is 28.6 Å². The molecule has 102 valence electrons. The van der Waals surface area contributed by atoms with Crippen molar-refractivity contribution in [3.63, 3.8) is 0 Å². The smallest absolute Gasteiger partial charge is 0.224 e. The number of hydrogen-bond acceptors (Lipinski definition) is 5. The van der Waals surface area contributed by atoms with Crippen molar-refractivity contribution in [3.8, 4) is 0 Å². The summed E-state index contributed by atoms with van der Waals surface area (Å²) in [5, 5.41) is 0. The van der Waals surface area contributed by atoms with Crippen molar-refractivity contribution in [2.75, 3.05) is 17.2 Å². The number of fused-ring (bicyclic) bond motifs is 1. The number of nitrogens with one attached hydrogen (secondary N) is 1. The fraction of sp³-hybridized carbons (Fsp3) is 0.154. The number of nitrogen functional groups attached to an aromatic ring is 1. The molecule has 0 unspecified atom stereocenters. The van der Waals surface area contributed by atoms with Crippen LogP contribution >= 0.6 is 0 Å². The fourth-order valence-electron chi connectivity index (χ4n) is 2.13. The summed E-state index contributed by atoms with van der Waals surface area (Å²) in [5.74, 6) is 0.413. The van der Waals surface area contributed by atoms with E-state index in [0.29, 0.717) is 29.2 Å². The molecule has 20 heavy (non-hydrogen) atoms. The molecule has 0 saturated heterocycles. The predicted molar refractivity (Wildman–Crippen MR) is 75.2 cm³/mol. The van der Waals surface area contributed by atoms with Gasteiger partial charge in [0.1, 0.15) is 11.3 Å². The highest BCUT2D eigenvalue weighted by Gasteiger charge is 2.16. The largest absolute Gasteiger partial charge is 0.368 e. The monoisotopic (exact) mass is 272 g/mol. The standard InChI is InChI=1S/C13H13FN6/c1-2-20(9-5-3-4-8(14)6-9)12-10-11(17-7-16-10)18-13(15)19-12/h3-7H,2H2,1H3,(H3,15,16,17,18,19). The predicted octanol–water partition coefficient (Wildman–Crippen LogP) is 2.23. The minimum atomic E-state index is -0.302. The summed E-state index contributed by atoms with van der Waals surface area (Å²) < 4.78 is 13.4. The number of halogens is 1. The van der Waals surface area contributed by atoms with Gasteiger partial charge in [0.2, 0.25) is 5.95 Å². The van der Waals surface area contributed by atoms with Crippen molar-refractivity contribution in [1.82, 2.24) is 19.9 Å². The number of hydrogen-bond donors (Lipinski definition) is 2. The van der Waals surface area contributed by atoms with Crippen LogP contribution in [0.3, 0.4) is 0 Å². The number of nitrogens with zero attached hydrogens (tertiary/aromatic N) is 4. The van der Waals surface area contributed by atoms with E-state index in [1.807, 2.05) is 17.9 Å². The van der Waals surface area contributed by atoms with E-state index >= 15 is 0 Å². The Hall–Kier alpha value is -2.70. The molecule has 0 radical (unpaired) electrons. The first-order valence-electron chi connectivity index (χ1n) is 6.18. The van der Waals surface area contributed by atoms with E-state index in [2.05, 4.69) is 19.9 Å². The number of nitrogens with two attached hydrogens (primary N) is 1. The third kappa shape index (κ3) is 2.03. The van der Waals surface area contributed by atoms with Crippen LogP contribution in [-0.4, -0.2) is 26.5 Å². The molecule has 7 heteroatoms. The highest BCUT2D eigenvalue weighted by atomic mass is 19.1. The molecule has 0 aliphatic carbocycles. The number of imidazole rings is 1. The maximum atomic E-state index is 13.4. The lowest BCUT2D eigenvalue weighted by atomic mass is 10.2. The molecule has 3 aromatic rings. The molecule has 0 amide bonds. The highest BCUT2D eigenvalue weighted by molar-refractivity contribution is 5.86. The SMILES string of the molecule is CCN(c1cccc(F)c1)c1nc(N)nc2nc[nH]c12. The second kappa shape index (κ2) is 4.76. The summed E-state index contributed by atoms with van der Waals surface area (Å²) in [6.07, 6.45) is 1.53. The molecule has 1 aromatic carbocycles. The molecule has 0 saturated carbocycles. The van der Waals surface area contributed by atoms with E-state index in [9.17, 15) is 4.39 Å². The molecule has 0 aliphatic rings. The summed E-state index contributed by atoms with van der Waals surface area (Å²) >= 11 is 0. The first-order valence-corrected chi connectivity index (χ1v) is 6.18. The van der Waals surface area contributed by atoms with Gasteiger partial charge in [0.25, 0.3) is 0 Å². The van der Waals surface area contributed by atoms with Gasteiger partial charge >= 0.3 is 0 Å². The lowest BCUT2D eigenvalue weighted by molar-refractivity contribution is 0.627. The van der Waals surface area contributed by atoms with Gasteiger partial charge in [0.15, 0.2) is 11.5 Å². The number of H-pyrrole nitrogens is 1. The minimum absolute atomic E-state index is 0.134. The van der Waals surface area contributed by atoms with E-state index in [1.165, 1.54) is 18.5 Å². The molecule has 0 spiro atoms. The molecule has 3 rings (SSSR count). The average Bonchev–Trinajstić information content (AvgIpc) is 2.87. The van der Waals surface area contributed by atoms with Crippen LogP contribution < -0.4 is 10.6 Å². The molecule has 0 atom stereocenters. The zero-order valence-corrected chi connectivity index (χ0v) is 10.8. The molecule has 2 heterocycles. The topological polar surface area (TPSA) is 83.7 Å². The second-order valence-corrected chi connectivity index (χ2v) is 4.23. The van der Waals surface area contributed by atoms with Crippen LogP contribution in [0.25, 0.3) is 11.2 Å². The summed E-state index contributed by atoms with van der Waals surface area (Å²) in [6, 6.07) is 6.32. The second-order valence-electron chi connectivity index (χ2n) is 4.23. The number of aromatic amines is 1.